The molecule has 0 saturated carbocycles. The number of rotatable bonds is 7. The van der Waals surface area contributed by atoms with Crippen molar-refractivity contribution in [2.75, 3.05) is 12.9 Å². The standard InChI is InChI=1S/C15H23NO2S/c1-11(2)13-6-4-12(5-7-13)10-19-9-8-14(16)15(17)18-3/h4-7,11,14H,8-10,16H2,1-3H3. The van der Waals surface area contributed by atoms with Crippen molar-refractivity contribution in [2.24, 2.45) is 5.73 Å². The van der Waals surface area contributed by atoms with Crippen LogP contribution < -0.4 is 5.73 Å². The van der Waals surface area contributed by atoms with Gasteiger partial charge in [-0.05, 0) is 29.2 Å². The third-order valence-electron chi connectivity index (χ3n) is 2.99. The Balaban J connectivity index is 2.28. The first-order chi connectivity index (χ1) is 9.04. The van der Waals surface area contributed by atoms with E-state index in [1.165, 1.54) is 18.2 Å². The molecule has 0 aliphatic rings. The highest BCUT2D eigenvalue weighted by Gasteiger charge is 2.12. The van der Waals surface area contributed by atoms with E-state index in [9.17, 15) is 4.79 Å². The quantitative estimate of drug-likeness (QED) is 0.617. The van der Waals surface area contributed by atoms with Crippen molar-refractivity contribution >= 4 is 17.7 Å². The summed E-state index contributed by atoms with van der Waals surface area (Å²) in [5.41, 5.74) is 8.34. The van der Waals surface area contributed by atoms with Crippen LogP contribution >= 0.6 is 11.8 Å². The maximum absolute atomic E-state index is 11.1. The summed E-state index contributed by atoms with van der Waals surface area (Å²) in [6.07, 6.45) is 0.654. The SMILES string of the molecule is COC(=O)C(N)CCSCc1ccc(C(C)C)cc1. The number of hydrogen-bond acceptors (Lipinski definition) is 4. The Morgan fingerprint density at radius 1 is 1.32 bits per heavy atom. The second-order valence-electron chi connectivity index (χ2n) is 4.87. The molecule has 2 N–H and O–H groups in total. The zero-order valence-corrected chi connectivity index (χ0v) is 12.7. The van der Waals surface area contributed by atoms with Crippen LogP contribution in [-0.4, -0.2) is 24.9 Å². The summed E-state index contributed by atoms with van der Waals surface area (Å²) < 4.78 is 4.59. The first kappa shape index (κ1) is 16.1. The third-order valence-corrected chi connectivity index (χ3v) is 4.05. The molecule has 1 aromatic rings. The van der Waals surface area contributed by atoms with Gasteiger partial charge < -0.3 is 10.5 Å². The molecule has 106 valence electrons. The van der Waals surface area contributed by atoms with E-state index < -0.39 is 6.04 Å². The number of esters is 1. The molecule has 0 fully saturated rings. The van der Waals surface area contributed by atoms with Gasteiger partial charge in [0.15, 0.2) is 0 Å². The van der Waals surface area contributed by atoms with Crippen LogP contribution in [0.1, 0.15) is 37.3 Å². The van der Waals surface area contributed by atoms with Crippen LogP contribution in [0.15, 0.2) is 24.3 Å². The molecule has 0 aliphatic carbocycles. The number of hydrogen-bond donors (Lipinski definition) is 1. The number of nitrogens with two attached hydrogens (primary N) is 1. The highest BCUT2D eigenvalue weighted by molar-refractivity contribution is 7.98. The third kappa shape index (κ3) is 5.66. The van der Waals surface area contributed by atoms with Crippen LogP contribution in [0.4, 0.5) is 0 Å². The van der Waals surface area contributed by atoms with Crippen LogP contribution in [-0.2, 0) is 15.3 Å². The molecule has 0 spiro atoms. The van der Waals surface area contributed by atoms with Gasteiger partial charge in [0.25, 0.3) is 0 Å². The fraction of sp³-hybridized carbons (Fsp3) is 0.533. The Bertz CT molecular complexity index is 390. The van der Waals surface area contributed by atoms with Crippen LogP contribution in [0.3, 0.4) is 0 Å². The predicted molar refractivity (Wildman–Crippen MR) is 81.3 cm³/mol. The summed E-state index contributed by atoms with van der Waals surface area (Å²) in [5, 5.41) is 0. The van der Waals surface area contributed by atoms with E-state index in [0.29, 0.717) is 12.3 Å². The highest BCUT2D eigenvalue weighted by Crippen LogP contribution is 2.18. The van der Waals surface area contributed by atoms with E-state index in [2.05, 4.69) is 42.8 Å². The van der Waals surface area contributed by atoms with Gasteiger partial charge >= 0.3 is 5.97 Å². The Morgan fingerprint density at radius 3 is 2.47 bits per heavy atom. The summed E-state index contributed by atoms with van der Waals surface area (Å²) >= 11 is 1.79. The molecule has 0 bridgehead atoms. The van der Waals surface area contributed by atoms with Crippen molar-refractivity contribution in [2.45, 2.75) is 38.0 Å². The summed E-state index contributed by atoms with van der Waals surface area (Å²) in [6, 6.07) is 8.20. The Morgan fingerprint density at radius 2 is 1.95 bits per heavy atom. The molecule has 19 heavy (non-hydrogen) atoms. The van der Waals surface area contributed by atoms with Gasteiger partial charge in [0.2, 0.25) is 0 Å². The lowest BCUT2D eigenvalue weighted by atomic mass is 10.0. The Hall–Kier alpha value is -1.00. The maximum Gasteiger partial charge on any atom is 0.322 e. The largest absolute Gasteiger partial charge is 0.468 e. The fourth-order valence-corrected chi connectivity index (χ4v) is 2.66. The first-order valence-electron chi connectivity index (χ1n) is 6.54. The number of ether oxygens (including phenoxy) is 1. The number of carbonyl (C=O) groups is 1. The predicted octanol–water partition coefficient (Wildman–Crippen LogP) is 2.93. The van der Waals surface area contributed by atoms with Crippen molar-refractivity contribution in [3.05, 3.63) is 35.4 Å². The van der Waals surface area contributed by atoms with Crippen molar-refractivity contribution in [1.29, 1.82) is 0 Å². The van der Waals surface area contributed by atoms with E-state index in [1.54, 1.807) is 11.8 Å². The van der Waals surface area contributed by atoms with Crippen molar-refractivity contribution in [3.63, 3.8) is 0 Å². The van der Waals surface area contributed by atoms with E-state index in [-0.39, 0.29) is 5.97 Å². The molecule has 0 aliphatic heterocycles. The Kier molecular flexibility index (Phi) is 6.95. The smallest absolute Gasteiger partial charge is 0.322 e. The molecule has 0 heterocycles. The first-order valence-corrected chi connectivity index (χ1v) is 7.70. The zero-order valence-electron chi connectivity index (χ0n) is 11.9. The van der Waals surface area contributed by atoms with Crippen molar-refractivity contribution < 1.29 is 9.53 Å². The second-order valence-corrected chi connectivity index (χ2v) is 5.97. The fourth-order valence-electron chi connectivity index (χ4n) is 1.67. The van der Waals surface area contributed by atoms with Crippen molar-refractivity contribution in [1.82, 2.24) is 0 Å². The molecular weight excluding hydrogens is 258 g/mol. The number of carbonyl (C=O) groups excluding carboxylic acids is 1. The summed E-state index contributed by atoms with van der Waals surface area (Å²) in [7, 11) is 1.37. The molecule has 4 heteroatoms. The molecule has 0 amide bonds. The molecule has 0 saturated heterocycles. The van der Waals surface area contributed by atoms with Gasteiger partial charge in [0.05, 0.1) is 7.11 Å². The van der Waals surface area contributed by atoms with E-state index in [0.717, 1.165) is 11.5 Å². The highest BCUT2D eigenvalue weighted by atomic mass is 32.2. The molecule has 3 nitrogen and oxygen atoms in total. The number of benzene rings is 1. The monoisotopic (exact) mass is 281 g/mol. The molecule has 1 rings (SSSR count). The molecular formula is C15H23NO2S. The number of methoxy groups -OCH3 is 1. The molecule has 1 unspecified atom stereocenters. The molecule has 1 aromatic carbocycles. The number of thioether (sulfide) groups is 1. The van der Waals surface area contributed by atoms with E-state index >= 15 is 0 Å². The lowest BCUT2D eigenvalue weighted by Gasteiger charge is -2.09. The minimum absolute atomic E-state index is 0.332. The normalized spacial score (nSPS) is 12.5. The van der Waals surface area contributed by atoms with Crippen LogP contribution in [0.25, 0.3) is 0 Å². The van der Waals surface area contributed by atoms with Gasteiger partial charge in [-0.3, -0.25) is 4.79 Å². The van der Waals surface area contributed by atoms with Gasteiger partial charge in [-0.15, -0.1) is 0 Å². The lowest BCUT2D eigenvalue weighted by Crippen LogP contribution is -2.31. The molecule has 1 atom stereocenters. The maximum atomic E-state index is 11.1. The van der Waals surface area contributed by atoms with Crippen LogP contribution in [0.5, 0.6) is 0 Å². The van der Waals surface area contributed by atoms with Crippen LogP contribution in [0.2, 0.25) is 0 Å². The lowest BCUT2D eigenvalue weighted by molar-refractivity contribution is -0.142. The topological polar surface area (TPSA) is 52.3 Å². The summed E-state index contributed by atoms with van der Waals surface area (Å²) in [4.78, 5) is 11.1. The van der Waals surface area contributed by atoms with Crippen LogP contribution in [0, 0.1) is 0 Å². The average Bonchev–Trinajstić information content (AvgIpc) is 2.42. The van der Waals surface area contributed by atoms with Gasteiger partial charge in [-0.25, -0.2) is 0 Å². The van der Waals surface area contributed by atoms with Crippen molar-refractivity contribution in [3.8, 4) is 0 Å². The van der Waals surface area contributed by atoms with E-state index in [1.807, 2.05) is 0 Å². The zero-order chi connectivity index (χ0) is 14.3. The summed E-state index contributed by atoms with van der Waals surface area (Å²) in [6.45, 7) is 4.38. The second kappa shape index (κ2) is 8.23. The van der Waals surface area contributed by atoms with Gasteiger partial charge in [0.1, 0.15) is 6.04 Å². The van der Waals surface area contributed by atoms with Gasteiger partial charge in [0, 0.05) is 5.75 Å². The molecule has 0 radical (unpaired) electrons. The van der Waals surface area contributed by atoms with Gasteiger partial charge in [-0.2, -0.15) is 11.8 Å². The molecule has 0 aromatic heterocycles. The minimum Gasteiger partial charge on any atom is -0.468 e. The minimum atomic E-state index is -0.499. The Labute approximate surface area is 119 Å². The summed E-state index contributed by atoms with van der Waals surface area (Å²) in [5.74, 6) is 2.05. The van der Waals surface area contributed by atoms with Gasteiger partial charge in [-0.1, -0.05) is 38.1 Å². The average molecular weight is 281 g/mol. The van der Waals surface area contributed by atoms with E-state index in [4.69, 9.17) is 5.73 Å².